The van der Waals surface area contributed by atoms with Crippen molar-refractivity contribution in [1.82, 2.24) is 15.3 Å². The van der Waals surface area contributed by atoms with Gasteiger partial charge >= 0.3 is 19.7 Å². The number of aliphatic hydroxyl groups is 2. The Morgan fingerprint density at radius 2 is 2.00 bits per heavy atom. The average Bonchev–Trinajstić information content (AvgIpc) is 3.01. The summed E-state index contributed by atoms with van der Waals surface area (Å²) in [5, 5.41) is 25.3. The van der Waals surface area contributed by atoms with Gasteiger partial charge in [0.05, 0.1) is 24.1 Å². The van der Waals surface area contributed by atoms with E-state index in [0.717, 1.165) is 11.8 Å². The summed E-state index contributed by atoms with van der Waals surface area (Å²) in [6.45, 7) is 9.59. The highest BCUT2D eigenvalue weighted by Gasteiger charge is 2.55. The summed E-state index contributed by atoms with van der Waals surface area (Å²) in [6.07, 6.45) is 1.32. The molecule has 3 rings (SSSR count). The van der Waals surface area contributed by atoms with Crippen molar-refractivity contribution in [3.8, 4) is 5.75 Å². The molecular formula is C23H32N3O8PS. The molecule has 4 N–H and O–H groups in total. The minimum Gasteiger partial charge on any atom is -0.462 e. The van der Waals surface area contributed by atoms with Gasteiger partial charge in [-0.1, -0.05) is 24.8 Å². The number of thioether (sulfide) groups is 1. The summed E-state index contributed by atoms with van der Waals surface area (Å²) in [7, 11) is -4.16. The number of allylic oxidation sites excluding steroid dienone is 1. The number of amides is 2. The van der Waals surface area contributed by atoms with Gasteiger partial charge in [0.25, 0.3) is 0 Å². The van der Waals surface area contributed by atoms with Crippen molar-refractivity contribution in [1.29, 1.82) is 0 Å². The van der Waals surface area contributed by atoms with E-state index in [1.54, 1.807) is 50.3 Å². The minimum absolute atomic E-state index is 0.234. The van der Waals surface area contributed by atoms with E-state index in [2.05, 4.69) is 17.0 Å². The molecule has 11 nitrogen and oxygen atoms in total. The van der Waals surface area contributed by atoms with Crippen molar-refractivity contribution in [3.05, 3.63) is 54.9 Å². The molecule has 0 aromatic heterocycles. The molecule has 36 heavy (non-hydrogen) atoms. The Morgan fingerprint density at radius 1 is 1.33 bits per heavy atom. The molecule has 198 valence electrons. The zero-order valence-electron chi connectivity index (χ0n) is 20.5. The first kappa shape index (κ1) is 28.2. The molecule has 1 fully saturated rings. The molecule has 1 aromatic rings. The lowest BCUT2D eigenvalue weighted by Crippen LogP contribution is -2.55. The zero-order chi connectivity index (χ0) is 26.7. The highest BCUT2D eigenvalue weighted by Crippen LogP contribution is 2.49. The van der Waals surface area contributed by atoms with Gasteiger partial charge in [0, 0.05) is 11.9 Å². The predicted molar refractivity (Wildman–Crippen MR) is 135 cm³/mol. The van der Waals surface area contributed by atoms with Gasteiger partial charge in [-0.15, -0.1) is 11.8 Å². The lowest BCUT2D eigenvalue weighted by Gasteiger charge is -2.36. The molecule has 1 unspecified atom stereocenters. The van der Waals surface area contributed by atoms with Crippen LogP contribution in [0.5, 0.6) is 5.75 Å². The first-order chi connectivity index (χ1) is 16.8. The second kappa shape index (κ2) is 11.4. The highest BCUT2D eigenvalue weighted by atomic mass is 32.2. The van der Waals surface area contributed by atoms with Crippen molar-refractivity contribution < 1.29 is 38.2 Å². The summed E-state index contributed by atoms with van der Waals surface area (Å²) in [4.78, 5) is 26.0. The van der Waals surface area contributed by atoms with E-state index in [0.29, 0.717) is 5.70 Å². The van der Waals surface area contributed by atoms with Crippen LogP contribution in [0.4, 0.5) is 4.79 Å². The van der Waals surface area contributed by atoms with Crippen LogP contribution >= 0.6 is 19.5 Å². The third-order valence-electron chi connectivity index (χ3n) is 5.38. The van der Waals surface area contributed by atoms with Crippen molar-refractivity contribution in [2.45, 2.75) is 62.2 Å². The maximum absolute atomic E-state index is 13.7. The number of para-hydroxylation sites is 1. The molecule has 0 saturated carbocycles. The fraction of sp³-hybridized carbons (Fsp3) is 0.478. The van der Waals surface area contributed by atoms with E-state index in [9.17, 15) is 24.4 Å². The normalized spacial score (nSPS) is 28.5. The zero-order valence-corrected chi connectivity index (χ0v) is 22.2. The van der Waals surface area contributed by atoms with Gasteiger partial charge in [-0.2, -0.15) is 5.09 Å². The lowest BCUT2D eigenvalue weighted by molar-refractivity contribution is -0.149. The van der Waals surface area contributed by atoms with Gasteiger partial charge in [0.2, 0.25) is 0 Å². The Balaban J connectivity index is 1.76. The standard InChI is InChI=1S/C23H32N3O8PS/c1-14(2)33-20(28)16(4)25-35(31,34-17-9-7-6-8-10-17)32-13-18-19(27)23(5,30)21(36-18)26-12-11-15(3)24-22(26)29/h6-12,14,16,18-19,21,27,30H,3,13H2,1-2,4-5H3,(H,24,29)(H,25,31)/t16-,18-,19-,21-,23-,35?/m1/s1. The van der Waals surface area contributed by atoms with Crippen molar-refractivity contribution >= 4 is 31.5 Å². The molecule has 13 heteroatoms. The predicted octanol–water partition coefficient (Wildman–Crippen LogP) is 2.73. The third kappa shape index (κ3) is 6.70. The van der Waals surface area contributed by atoms with Gasteiger partial charge in [0.15, 0.2) is 0 Å². The van der Waals surface area contributed by atoms with E-state index >= 15 is 0 Å². The molecule has 0 radical (unpaired) electrons. The number of rotatable bonds is 10. The topological polar surface area (TPSA) is 147 Å². The maximum Gasteiger partial charge on any atom is 0.459 e. The number of aliphatic hydroxyl groups excluding tert-OH is 1. The molecular weight excluding hydrogens is 509 g/mol. The third-order valence-corrected chi connectivity index (χ3v) is 8.73. The number of hydrogen-bond acceptors (Lipinski definition) is 9. The summed E-state index contributed by atoms with van der Waals surface area (Å²) < 4.78 is 30.1. The number of carbonyl (C=O) groups is 2. The lowest BCUT2D eigenvalue weighted by atomic mass is 9.96. The van der Waals surface area contributed by atoms with Gasteiger partial charge in [-0.25, -0.2) is 9.36 Å². The number of ether oxygens (including phenoxy) is 1. The van der Waals surface area contributed by atoms with Crippen LogP contribution in [0.2, 0.25) is 0 Å². The number of hydrogen-bond donors (Lipinski definition) is 4. The van der Waals surface area contributed by atoms with Gasteiger partial charge in [0.1, 0.15) is 22.8 Å². The fourth-order valence-corrected chi connectivity index (χ4v) is 6.78. The number of nitrogens with one attached hydrogen (secondary N) is 2. The van der Waals surface area contributed by atoms with E-state index in [4.69, 9.17) is 13.8 Å². The molecule has 1 saturated heterocycles. The SMILES string of the molecule is C=C1C=CN([C@@H]2S[C@H](COP(=O)(N[C@H](C)C(=O)OC(C)C)Oc3ccccc3)[C@@H](O)[C@@]2(C)O)C(=O)N1. The Labute approximate surface area is 214 Å². The van der Waals surface area contributed by atoms with E-state index in [1.165, 1.54) is 24.9 Å². The number of esters is 1. The van der Waals surface area contributed by atoms with Crippen LogP contribution in [0.25, 0.3) is 0 Å². The van der Waals surface area contributed by atoms with Crippen molar-refractivity contribution in [2.24, 2.45) is 0 Å². The van der Waals surface area contributed by atoms with Crippen LogP contribution in [0.1, 0.15) is 27.7 Å². The second-order valence-electron chi connectivity index (χ2n) is 8.91. The Morgan fingerprint density at radius 3 is 2.61 bits per heavy atom. The smallest absolute Gasteiger partial charge is 0.459 e. The molecule has 2 heterocycles. The number of carbonyl (C=O) groups excluding carboxylic acids is 2. The first-order valence-electron chi connectivity index (χ1n) is 11.3. The molecule has 6 atom stereocenters. The van der Waals surface area contributed by atoms with E-state index in [-0.39, 0.29) is 18.5 Å². The first-order valence-corrected chi connectivity index (χ1v) is 13.8. The van der Waals surface area contributed by atoms with Gasteiger partial charge < -0.3 is 24.8 Å². The number of nitrogens with zero attached hydrogens (tertiary/aromatic N) is 1. The molecule has 2 amide bonds. The summed E-state index contributed by atoms with van der Waals surface area (Å²) in [6, 6.07) is 6.72. The Bertz CT molecular complexity index is 1050. The van der Waals surface area contributed by atoms with Crippen LogP contribution in [0.15, 0.2) is 54.9 Å². The molecule has 0 spiro atoms. The monoisotopic (exact) mass is 541 g/mol. The largest absolute Gasteiger partial charge is 0.462 e. The number of urea groups is 1. The second-order valence-corrected chi connectivity index (χ2v) is 11.9. The summed E-state index contributed by atoms with van der Waals surface area (Å²) >= 11 is 1.08. The van der Waals surface area contributed by atoms with Crippen LogP contribution in [0, 0.1) is 0 Å². The van der Waals surface area contributed by atoms with Crippen molar-refractivity contribution in [3.63, 3.8) is 0 Å². The maximum atomic E-state index is 13.7. The Kier molecular flexibility index (Phi) is 8.92. The number of benzene rings is 1. The minimum atomic E-state index is -4.16. The summed E-state index contributed by atoms with van der Waals surface area (Å²) in [5.41, 5.74) is -1.32. The molecule has 0 aliphatic carbocycles. The van der Waals surface area contributed by atoms with Crippen LogP contribution in [0.3, 0.4) is 0 Å². The van der Waals surface area contributed by atoms with Gasteiger partial charge in [-0.05, 0) is 45.9 Å². The van der Waals surface area contributed by atoms with E-state index in [1.807, 2.05) is 0 Å². The Hall–Kier alpha value is -2.34. The van der Waals surface area contributed by atoms with Gasteiger partial charge in [-0.3, -0.25) is 14.2 Å². The van der Waals surface area contributed by atoms with Crippen LogP contribution < -0.4 is 14.9 Å². The van der Waals surface area contributed by atoms with E-state index < -0.39 is 48.1 Å². The summed E-state index contributed by atoms with van der Waals surface area (Å²) in [5.74, 6) is -0.411. The quantitative estimate of drug-likeness (QED) is 0.258. The molecule has 2 aliphatic heterocycles. The molecule has 2 aliphatic rings. The van der Waals surface area contributed by atoms with Crippen LogP contribution in [-0.2, 0) is 18.6 Å². The molecule has 1 aromatic carbocycles. The highest BCUT2D eigenvalue weighted by molar-refractivity contribution is 8.01. The van der Waals surface area contributed by atoms with Crippen LogP contribution in [-0.4, -0.2) is 68.2 Å². The fourth-order valence-electron chi connectivity index (χ4n) is 3.55. The molecule has 0 bridgehead atoms. The van der Waals surface area contributed by atoms with Crippen molar-refractivity contribution in [2.75, 3.05) is 6.61 Å². The average molecular weight is 542 g/mol.